The SMILES string of the molecule is CC[n+]1cccc(NC(=O)c2ccc(NC(=O)c3ccc(C(=O)Nc4ccc(C(=O)Nc5ccc[n+](CC)c5)c(N)c4)cc3)cc2N)c1.Cc1ccc(S(=O)(=O)[O-])cc1.Cc1ccc(S(=O)(=O)[O-])cc1. The first kappa shape index (κ1) is 52.7. The Morgan fingerprint density at radius 2 is 0.800 bits per heavy atom. The first-order valence-electron chi connectivity index (χ1n) is 21.3. The van der Waals surface area contributed by atoms with Gasteiger partial charge >= 0.3 is 0 Å². The van der Waals surface area contributed by atoms with Crippen LogP contribution in [0.2, 0.25) is 0 Å². The largest absolute Gasteiger partial charge is 0.744 e. The summed E-state index contributed by atoms with van der Waals surface area (Å²) in [5, 5.41) is 11.2. The van der Waals surface area contributed by atoms with Crippen molar-refractivity contribution in [2.45, 2.75) is 50.6 Å². The fourth-order valence-corrected chi connectivity index (χ4v) is 7.20. The predicted molar refractivity (Wildman–Crippen MR) is 263 cm³/mol. The molecule has 0 bridgehead atoms. The topological polar surface area (TPSA) is 291 Å². The summed E-state index contributed by atoms with van der Waals surface area (Å²) in [7, 11) is -8.54. The number of hydrogen-bond donors (Lipinski definition) is 6. The molecule has 70 heavy (non-hydrogen) atoms. The zero-order valence-corrected chi connectivity index (χ0v) is 40.0. The van der Waals surface area contributed by atoms with E-state index in [1.807, 2.05) is 73.7 Å². The van der Waals surface area contributed by atoms with Crippen LogP contribution in [0.4, 0.5) is 34.1 Å². The third-order valence-electron chi connectivity index (χ3n) is 10.1. The van der Waals surface area contributed by atoms with Crippen LogP contribution in [0, 0.1) is 13.8 Å². The molecule has 0 aliphatic carbocycles. The molecule has 0 radical (unpaired) electrons. The number of amides is 4. The van der Waals surface area contributed by atoms with Gasteiger partial charge in [0.2, 0.25) is 0 Å². The van der Waals surface area contributed by atoms with Crippen LogP contribution in [0.3, 0.4) is 0 Å². The summed E-state index contributed by atoms with van der Waals surface area (Å²) in [6.45, 7) is 9.16. The second-order valence-electron chi connectivity index (χ2n) is 15.4. The monoisotopic (exact) mass is 986 g/mol. The van der Waals surface area contributed by atoms with Crippen molar-refractivity contribution in [2.75, 3.05) is 32.7 Å². The molecule has 0 aliphatic rings. The number of rotatable bonds is 12. The average Bonchev–Trinajstić information content (AvgIpc) is 3.31. The predicted octanol–water partition coefficient (Wildman–Crippen LogP) is 6.27. The van der Waals surface area contributed by atoms with Crippen LogP contribution in [0.25, 0.3) is 0 Å². The molecule has 0 unspecified atom stereocenters. The van der Waals surface area contributed by atoms with E-state index in [2.05, 4.69) is 21.3 Å². The van der Waals surface area contributed by atoms with Crippen molar-refractivity contribution >= 4 is 78.0 Å². The van der Waals surface area contributed by atoms with Crippen LogP contribution < -0.4 is 41.9 Å². The number of nitrogen functional groups attached to an aromatic ring is 2. The van der Waals surface area contributed by atoms with Gasteiger partial charge in [0.1, 0.15) is 44.7 Å². The Bertz CT molecular complexity index is 3030. The number of anilines is 6. The lowest BCUT2D eigenvalue weighted by Crippen LogP contribution is -2.31. The van der Waals surface area contributed by atoms with Gasteiger partial charge in [0.25, 0.3) is 23.6 Å². The molecule has 0 spiro atoms. The highest BCUT2D eigenvalue weighted by atomic mass is 32.2. The summed E-state index contributed by atoms with van der Waals surface area (Å²) in [5.74, 6) is -1.59. The van der Waals surface area contributed by atoms with Crippen molar-refractivity contribution in [3.8, 4) is 0 Å². The van der Waals surface area contributed by atoms with E-state index >= 15 is 0 Å². The molecule has 0 atom stereocenters. The van der Waals surface area contributed by atoms with E-state index in [4.69, 9.17) is 11.5 Å². The van der Waals surface area contributed by atoms with Crippen molar-refractivity contribution < 1.29 is 54.3 Å². The number of nitrogens with zero attached hydrogens (tertiary/aromatic N) is 2. The van der Waals surface area contributed by atoms with Crippen molar-refractivity contribution in [3.63, 3.8) is 0 Å². The molecule has 2 heterocycles. The van der Waals surface area contributed by atoms with Gasteiger partial charge in [-0.15, -0.1) is 0 Å². The molecule has 362 valence electrons. The molecule has 8 N–H and O–H groups in total. The van der Waals surface area contributed by atoms with Crippen molar-refractivity contribution in [3.05, 3.63) is 192 Å². The molecule has 7 rings (SSSR count). The van der Waals surface area contributed by atoms with Gasteiger partial charge in [0.05, 0.1) is 20.9 Å². The lowest BCUT2D eigenvalue weighted by Gasteiger charge is -2.11. The Kier molecular flexibility index (Phi) is 17.8. The Hall–Kier alpha value is -8.30. The van der Waals surface area contributed by atoms with E-state index < -0.39 is 32.1 Å². The van der Waals surface area contributed by atoms with Gasteiger partial charge in [0, 0.05) is 46.0 Å². The number of nitrogens with two attached hydrogens (primary N) is 2. The second-order valence-corrected chi connectivity index (χ2v) is 18.1. The Morgan fingerprint density at radius 1 is 0.471 bits per heavy atom. The fraction of sp³-hybridized carbons (Fsp3) is 0.120. The van der Waals surface area contributed by atoms with E-state index in [0.717, 1.165) is 24.2 Å². The van der Waals surface area contributed by atoms with Gasteiger partial charge in [-0.1, -0.05) is 35.4 Å². The van der Waals surface area contributed by atoms with Crippen molar-refractivity contribution in [2.24, 2.45) is 0 Å². The molecule has 0 fully saturated rings. The first-order valence-corrected chi connectivity index (χ1v) is 24.1. The highest BCUT2D eigenvalue weighted by Gasteiger charge is 2.16. The number of carbonyl (C=O) groups excluding carboxylic acids is 4. The molecule has 4 amide bonds. The van der Waals surface area contributed by atoms with Crippen molar-refractivity contribution in [1.82, 2.24) is 0 Å². The Balaban J connectivity index is 0.000000338. The van der Waals surface area contributed by atoms with E-state index in [-0.39, 0.29) is 44.1 Å². The van der Waals surface area contributed by atoms with Gasteiger partial charge in [0.15, 0.2) is 24.8 Å². The smallest absolute Gasteiger partial charge is 0.257 e. The lowest BCUT2D eigenvalue weighted by atomic mass is 10.1. The molecule has 0 saturated carbocycles. The maximum Gasteiger partial charge on any atom is 0.257 e. The maximum absolute atomic E-state index is 12.9. The van der Waals surface area contributed by atoms with E-state index in [0.29, 0.717) is 33.9 Å². The lowest BCUT2D eigenvalue weighted by molar-refractivity contribution is -0.693. The minimum atomic E-state index is -4.27. The Morgan fingerprint density at radius 3 is 1.10 bits per heavy atom. The first-order chi connectivity index (χ1) is 33.1. The highest BCUT2D eigenvalue weighted by molar-refractivity contribution is 7.86. The summed E-state index contributed by atoms with van der Waals surface area (Å²) >= 11 is 0. The number of nitrogens with one attached hydrogen (secondary N) is 4. The van der Waals surface area contributed by atoms with Crippen LogP contribution in [0.1, 0.15) is 66.4 Å². The van der Waals surface area contributed by atoms with Crippen LogP contribution in [0.5, 0.6) is 0 Å². The molecule has 5 aromatic carbocycles. The van der Waals surface area contributed by atoms with Crippen LogP contribution >= 0.6 is 0 Å². The molecule has 0 aliphatic heterocycles. The van der Waals surface area contributed by atoms with Gasteiger partial charge < -0.3 is 41.8 Å². The highest BCUT2D eigenvalue weighted by Crippen LogP contribution is 2.23. The quantitative estimate of drug-likeness (QED) is 0.0449. The molecular weight excluding hydrogens is 937 g/mol. The van der Waals surface area contributed by atoms with Gasteiger partial charge in [-0.05, 0) is 125 Å². The average molecular weight is 987 g/mol. The summed E-state index contributed by atoms with van der Waals surface area (Å²) in [5.41, 5.74) is 17.8. The normalized spacial score (nSPS) is 10.8. The van der Waals surface area contributed by atoms with E-state index in [1.165, 1.54) is 60.7 Å². The number of aryl methyl sites for hydroxylation is 4. The molecule has 18 nitrogen and oxygen atoms in total. The number of pyridine rings is 2. The summed E-state index contributed by atoms with van der Waals surface area (Å²) in [6.07, 6.45) is 7.44. The molecular formula is C50H50N8O10S2. The Labute approximate surface area is 405 Å². The van der Waals surface area contributed by atoms with Gasteiger partial charge in [-0.25, -0.2) is 26.0 Å². The molecule has 7 aromatic rings. The summed E-state index contributed by atoms with van der Waals surface area (Å²) in [4.78, 5) is 51.0. The van der Waals surface area contributed by atoms with Gasteiger partial charge in [-0.3, -0.25) is 19.2 Å². The standard InChI is InChI=1S/C36H34N8O4.2C7H8O3S/c1-3-43-17-5-7-27(21-43)41-35(47)29-15-13-25(19-31(29)37)39-33(45)23-9-11-24(12-10-23)34(46)40-26-14-16-30(32(38)20-26)36(48)42-28-8-6-18-44(4-2)22-28;2*1-6-2-4-7(5-3-6)11(8,9)10/h5-22H,3-4H2,1-2H3,(H6-2,37,38,39,40,41,42,45,46,47,48);2*2-5H,1H3,(H,8,9,10). The zero-order valence-electron chi connectivity index (χ0n) is 38.4. The number of carbonyl (C=O) groups is 4. The van der Waals surface area contributed by atoms with Crippen LogP contribution in [-0.4, -0.2) is 49.6 Å². The van der Waals surface area contributed by atoms with Crippen molar-refractivity contribution in [1.29, 1.82) is 0 Å². The second kappa shape index (κ2) is 23.6. The number of benzene rings is 5. The molecule has 0 saturated heterocycles. The zero-order chi connectivity index (χ0) is 51.2. The number of hydrogen-bond acceptors (Lipinski definition) is 12. The minimum Gasteiger partial charge on any atom is -0.744 e. The van der Waals surface area contributed by atoms with E-state index in [1.54, 1.807) is 60.7 Å². The molecule has 2 aromatic heterocycles. The van der Waals surface area contributed by atoms with Crippen LogP contribution in [-0.2, 0) is 33.3 Å². The third-order valence-corrected chi connectivity index (χ3v) is 11.8. The summed E-state index contributed by atoms with van der Waals surface area (Å²) < 4.78 is 66.2. The maximum atomic E-state index is 12.9. The third kappa shape index (κ3) is 15.4. The fourth-order valence-electron chi connectivity index (χ4n) is 6.27. The minimum absolute atomic E-state index is 0.178. The number of aromatic nitrogens is 2. The van der Waals surface area contributed by atoms with Crippen LogP contribution in [0.15, 0.2) is 168 Å². The molecule has 20 heteroatoms. The van der Waals surface area contributed by atoms with E-state index in [9.17, 15) is 45.1 Å². The van der Waals surface area contributed by atoms with Gasteiger partial charge in [-0.2, -0.15) is 0 Å². The summed E-state index contributed by atoms with van der Waals surface area (Å²) in [6, 6.07) is 34.2.